The van der Waals surface area contributed by atoms with Crippen molar-refractivity contribution in [1.29, 1.82) is 0 Å². The molecule has 1 aromatic carbocycles. The summed E-state index contributed by atoms with van der Waals surface area (Å²) in [5.74, 6) is -0.149. The molecule has 5 nitrogen and oxygen atoms in total. The van der Waals surface area contributed by atoms with Crippen LogP contribution in [0, 0.1) is 0 Å². The molecule has 2 rings (SSSR count). The summed E-state index contributed by atoms with van der Waals surface area (Å²) >= 11 is 11.8. The number of halogens is 2. The lowest BCUT2D eigenvalue weighted by atomic mass is 10.1. The van der Waals surface area contributed by atoms with Gasteiger partial charge < -0.3 is 5.32 Å². The Morgan fingerprint density at radius 1 is 1.42 bits per heavy atom. The first kappa shape index (κ1) is 13.8. The van der Waals surface area contributed by atoms with Gasteiger partial charge in [0.25, 0.3) is 0 Å². The van der Waals surface area contributed by atoms with Gasteiger partial charge in [-0.05, 0) is 24.6 Å². The number of aromatic nitrogens is 3. The first-order chi connectivity index (χ1) is 9.06. The van der Waals surface area contributed by atoms with Crippen molar-refractivity contribution in [2.24, 2.45) is 0 Å². The summed E-state index contributed by atoms with van der Waals surface area (Å²) in [6.45, 7) is 2.00. The van der Waals surface area contributed by atoms with E-state index in [0.717, 1.165) is 5.56 Å². The molecule has 1 aromatic heterocycles. The number of amides is 1. The Labute approximate surface area is 120 Å². The molecule has 0 bridgehead atoms. The van der Waals surface area contributed by atoms with E-state index >= 15 is 0 Å². The van der Waals surface area contributed by atoms with E-state index < -0.39 is 0 Å². The van der Waals surface area contributed by atoms with Gasteiger partial charge in [0.2, 0.25) is 5.91 Å². The first-order valence-corrected chi connectivity index (χ1v) is 6.38. The van der Waals surface area contributed by atoms with E-state index in [0.29, 0.717) is 10.0 Å². The third-order valence-corrected chi connectivity index (χ3v) is 3.33. The highest BCUT2D eigenvalue weighted by Crippen LogP contribution is 2.25. The van der Waals surface area contributed by atoms with Gasteiger partial charge >= 0.3 is 0 Å². The second-order valence-corrected chi connectivity index (χ2v) is 4.87. The number of hydrogen-bond acceptors (Lipinski definition) is 3. The quantitative estimate of drug-likeness (QED) is 0.943. The number of nitrogens with zero attached hydrogens (tertiary/aromatic N) is 3. The molecule has 1 N–H and O–H groups in total. The summed E-state index contributed by atoms with van der Waals surface area (Å²) in [5.41, 5.74) is 0.890. The highest BCUT2D eigenvalue weighted by Gasteiger charge is 2.11. The Bertz CT molecular complexity index is 571. The molecule has 0 spiro atoms. The molecule has 7 heteroatoms. The summed E-state index contributed by atoms with van der Waals surface area (Å²) < 4.78 is 1.46. The van der Waals surface area contributed by atoms with Gasteiger partial charge in [0.05, 0.1) is 16.1 Å². The molecule has 19 heavy (non-hydrogen) atoms. The average Bonchev–Trinajstić information content (AvgIpc) is 2.85. The number of nitrogens with one attached hydrogen (secondary N) is 1. The van der Waals surface area contributed by atoms with Crippen molar-refractivity contribution < 1.29 is 4.79 Å². The maximum atomic E-state index is 11.8. The van der Waals surface area contributed by atoms with E-state index in [-0.39, 0.29) is 18.5 Å². The molecular formula is C12H12Cl2N4O. The fraction of sp³-hybridized carbons (Fsp3) is 0.250. The lowest BCUT2D eigenvalue weighted by Crippen LogP contribution is -2.30. The highest BCUT2D eigenvalue weighted by molar-refractivity contribution is 6.42. The molecule has 1 unspecified atom stereocenters. The molecule has 1 heterocycles. The lowest BCUT2D eigenvalue weighted by molar-refractivity contribution is -0.122. The minimum Gasteiger partial charge on any atom is -0.348 e. The van der Waals surface area contributed by atoms with Crippen LogP contribution in [0.2, 0.25) is 10.0 Å². The van der Waals surface area contributed by atoms with Gasteiger partial charge in [-0.1, -0.05) is 29.3 Å². The Kier molecular flexibility index (Phi) is 4.39. The maximum Gasteiger partial charge on any atom is 0.242 e. The minimum absolute atomic E-state index is 0.131. The smallest absolute Gasteiger partial charge is 0.242 e. The highest BCUT2D eigenvalue weighted by atomic mass is 35.5. The minimum atomic E-state index is -0.161. The normalized spacial score (nSPS) is 12.2. The topological polar surface area (TPSA) is 59.8 Å². The van der Waals surface area contributed by atoms with E-state index in [1.165, 1.54) is 17.3 Å². The zero-order valence-electron chi connectivity index (χ0n) is 10.2. The van der Waals surface area contributed by atoms with Crippen LogP contribution < -0.4 is 5.32 Å². The maximum absolute atomic E-state index is 11.8. The van der Waals surface area contributed by atoms with E-state index in [2.05, 4.69) is 15.4 Å². The fourth-order valence-electron chi connectivity index (χ4n) is 1.61. The van der Waals surface area contributed by atoms with Gasteiger partial charge in [-0.15, -0.1) is 0 Å². The Hall–Kier alpha value is -1.59. The fourth-order valence-corrected chi connectivity index (χ4v) is 1.92. The van der Waals surface area contributed by atoms with Crippen LogP contribution in [0.3, 0.4) is 0 Å². The predicted molar refractivity (Wildman–Crippen MR) is 73.0 cm³/mol. The van der Waals surface area contributed by atoms with Gasteiger partial charge in [-0.2, -0.15) is 5.10 Å². The van der Waals surface area contributed by atoms with Crippen molar-refractivity contribution in [2.75, 3.05) is 0 Å². The average molecular weight is 299 g/mol. The number of carbonyl (C=O) groups excluding carboxylic acids is 1. The standard InChI is InChI=1S/C12H12Cl2N4O/c1-8(9-2-3-10(13)11(14)4-9)17-12(19)5-18-7-15-6-16-18/h2-4,6-8H,5H2,1H3,(H,17,19). The molecule has 0 aliphatic rings. The second-order valence-electron chi connectivity index (χ2n) is 4.06. The van der Waals surface area contributed by atoms with Gasteiger partial charge in [0.1, 0.15) is 19.2 Å². The van der Waals surface area contributed by atoms with Crippen LogP contribution in [0.25, 0.3) is 0 Å². The van der Waals surface area contributed by atoms with Crippen LogP contribution in [0.15, 0.2) is 30.9 Å². The second kappa shape index (κ2) is 6.04. The van der Waals surface area contributed by atoms with Crippen LogP contribution in [0.5, 0.6) is 0 Å². The number of hydrogen-bond donors (Lipinski definition) is 1. The monoisotopic (exact) mass is 298 g/mol. The summed E-state index contributed by atoms with van der Waals surface area (Å²) in [5, 5.41) is 7.68. The summed E-state index contributed by atoms with van der Waals surface area (Å²) in [6, 6.07) is 5.11. The van der Waals surface area contributed by atoms with Crippen LogP contribution in [0.1, 0.15) is 18.5 Å². The van der Waals surface area contributed by atoms with Crippen LogP contribution in [-0.2, 0) is 11.3 Å². The Morgan fingerprint density at radius 3 is 2.84 bits per heavy atom. The van der Waals surface area contributed by atoms with Crippen LogP contribution >= 0.6 is 23.2 Å². The number of carbonyl (C=O) groups is 1. The first-order valence-electron chi connectivity index (χ1n) is 5.63. The molecule has 0 saturated heterocycles. The van der Waals surface area contributed by atoms with Gasteiger partial charge in [0.15, 0.2) is 0 Å². The van der Waals surface area contributed by atoms with Crippen molar-refractivity contribution in [3.8, 4) is 0 Å². The van der Waals surface area contributed by atoms with Crippen molar-refractivity contribution >= 4 is 29.1 Å². The Morgan fingerprint density at radius 2 is 2.21 bits per heavy atom. The largest absolute Gasteiger partial charge is 0.348 e. The van der Waals surface area contributed by atoms with Crippen molar-refractivity contribution in [3.05, 3.63) is 46.5 Å². The van der Waals surface area contributed by atoms with E-state index in [1.807, 2.05) is 13.0 Å². The molecule has 1 amide bonds. The predicted octanol–water partition coefficient (Wildman–Crippen LogP) is 2.46. The summed E-state index contributed by atoms with van der Waals surface area (Å²) in [6.07, 6.45) is 2.87. The van der Waals surface area contributed by atoms with E-state index in [4.69, 9.17) is 23.2 Å². The van der Waals surface area contributed by atoms with Crippen molar-refractivity contribution in [1.82, 2.24) is 20.1 Å². The Balaban J connectivity index is 1.98. The van der Waals surface area contributed by atoms with Gasteiger partial charge in [0, 0.05) is 0 Å². The third-order valence-electron chi connectivity index (χ3n) is 2.59. The molecule has 0 aliphatic heterocycles. The SMILES string of the molecule is CC(NC(=O)Cn1cncn1)c1ccc(Cl)c(Cl)c1. The van der Waals surface area contributed by atoms with Crippen molar-refractivity contribution in [2.45, 2.75) is 19.5 Å². The van der Waals surface area contributed by atoms with Crippen LogP contribution in [0.4, 0.5) is 0 Å². The number of benzene rings is 1. The van der Waals surface area contributed by atoms with Gasteiger partial charge in [-0.25, -0.2) is 9.67 Å². The molecule has 100 valence electrons. The van der Waals surface area contributed by atoms with Crippen LogP contribution in [-0.4, -0.2) is 20.7 Å². The zero-order chi connectivity index (χ0) is 13.8. The van der Waals surface area contributed by atoms with E-state index in [1.54, 1.807) is 12.1 Å². The lowest BCUT2D eigenvalue weighted by Gasteiger charge is -2.14. The zero-order valence-corrected chi connectivity index (χ0v) is 11.7. The molecule has 0 radical (unpaired) electrons. The molecule has 1 atom stereocenters. The molecule has 0 fully saturated rings. The molecule has 2 aromatic rings. The molecular weight excluding hydrogens is 287 g/mol. The molecule has 0 aliphatic carbocycles. The van der Waals surface area contributed by atoms with E-state index in [9.17, 15) is 4.79 Å². The summed E-state index contributed by atoms with van der Waals surface area (Å²) in [7, 11) is 0. The van der Waals surface area contributed by atoms with Gasteiger partial charge in [-0.3, -0.25) is 4.79 Å². The third kappa shape index (κ3) is 3.68. The number of rotatable bonds is 4. The van der Waals surface area contributed by atoms with Crippen molar-refractivity contribution in [3.63, 3.8) is 0 Å². The molecule has 0 saturated carbocycles. The summed E-state index contributed by atoms with van der Waals surface area (Å²) in [4.78, 5) is 15.6.